The molecule has 0 radical (unpaired) electrons. The Morgan fingerprint density at radius 3 is 2.07 bits per heavy atom. The van der Waals surface area contributed by atoms with Crippen LogP contribution in [-0.4, -0.2) is 135 Å². The van der Waals surface area contributed by atoms with Gasteiger partial charge in [-0.05, 0) is 74.3 Å². The third-order valence-corrected chi connectivity index (χ3v) is 18.1. The molecule has 0 amide bonds. The van der Waals surface area contributed by atoms with Crippen molar-refractivity contribution in [2.45, 2.75) is 97.1 Å². The van der Waals surface area contributed by atoms with E-state index in [2.05, 4.69) is 4.90 Å². The van der Waals surface area contributed by atoms with Gasteiger partial charge in [0.25, 0.3) is 0 Å². The van der Waals surface area contributed by atoms with E-state index in [0.717, 1.165) is 44.4 Å². The summed E-state index contributed by atoms with van der Waals surface area (Å²) in [5.41, 5.74) is -0.818. The van der Waals surface area contributed by atoms with E-state index in [0.29, 0.717) is 79.2 Å². The molecule has 4 aliphatic heterocycles. The third-order valence-electron chi connectivity index (χ3n) is 8.14. The van der Waals surface area contributed by atoms with E-state index in [9.17, 15) is 0 Å². The molecule has 1 spiro atoms. The summed E-state index contributed by atoms with van der Waals surface area (Å²) in [5.74, 6) is 0. The zero-order valence-electron chi connectivity index (χ0n) is 28.5. The number of fused-ring (bicyclic) bond motifs is 4. The van der Waals surface area contributed by atoms with Crippen LogP contribution in [-0.2, 0) is 49.3 Å². The molecule has 4 fully saturated rings. The predicted octanol–water partition coefficient (Wildman–Crippen LogP) is 4.12. The first-order chi connectivity index (χ1) is 21.3. The van der Waals surface area contributed by atoms with Crippen LogP contribution in [0.1, 0.15) is 67.7 Å². The van der Waals surface area contributed by atoms with Gasteiger partial charge in [-0.25, -0.2) is 0 Å². The minimum Gasteiger partial charge on any atom is -0.379 e. The number of rotatable bonds is 21. The van der Waals surface area contributed by atoms with Crippen LogP contribution in [0.4, 0.5) is 0 Å². The molecule has 15 heteroatoms. The lowest BCUT2D eigenvalue weighted by molar-refractivity contribution is -0.160. The molecule has 4 heterocycles. The Balaban J connectivity index is 1.78. The topological polar surface area (TPSA) is 105 Å². The van der Waals surface area contributed by atoms with E-state index in [1.807, 2.05) is 48.5 Å². The van der Waals surface area contributed by atoms with Crippen LogP contribution in [0.2, 0.25) is 17.6 Å². The second kappa shape index (κ2) is 19.2. The van der Waals surface area contributed by atoms with E-state index in [1.54, 1.807) is 0 Å². The third kappa shape index (κ3) is 10.1. The molecule has 12 nitrogen and oxygen atoms in total. The Kier molecular flexibility index (Phi) is 16.9. The smallest absolute Gasteiger partial charge is 0.379 e. The van der Waals surface area contributed by atoms with Gasteiger partial charge in [0.05, 0.1) is 24.9 Å². The normalized spacial score (nSPS) is 29.9. The monoisotopic (exact) mass is 683 g/mol. The first-order valence-electron chi connectivity index (χ1n) is 17.1. The number of hydrogen-bond acceptors (Lipinski definition) is 12. The standard InChI is InChI=1S/C29H61NO11Si3/c1-8-33-42(34-9-2,35-10-3)22-16-19-31-24-27-23-30-18-15-21-43(40-27,36-11-4)41-29(25-30)26-32-20-17-28(29)44(37-12-5,38-13-6)39-14-7/h27-28H,8-26H2,1-7H3. The number of hydrogen-bond donors (Lipinski definition) is 0. The summed E-state index contributed by atoms with van der Waals surface area (Å²) in [6, 6.07) is 1.45. The molecule has 0 aliphatic carbocycles. The van der Waals surface area contributed by atoms with Gasteiger partial charge < -0.3 is 49.3 Å². The van der Waals surface area contributed by atoms with Crippen molar-refractivity contribution in [1.82, 2.24) is 4.90 Å². The summed E-state index contributed by atoms with van der Waals surface area (Å²) in [4.78, 5) is 2.44. The van der Waals surface area contributed by atoms with Crippen LogP contribution in [0, 0.1) is 0 Å². The van der Waals surface area contributed by atoms with Crippen LogP contribution in [0.3, 0.4) is 0 Å². The molecule has 2 bridgehead atoms. The maximum Gasteiger partial charge on any atom is 0.507 e. The van der Waals surface area contributed by atoms with Crippen molar-refractivity contribution in [2.24, 2.45) is 0 Å². The maximum absolute atomic E-state index is 7.28. The van der Waals surface area contributed by atoms with Gasteiger partial charge in [-0.3, -0.25) is 4.90 Å². The van der Waals surface area contributed by atoms with Crippen molar-refractivity contribution in [2.75, 3.05) is 92.3 Å². The molecule has 0 saturated carbocycles. The number of ether oxygens (including phenoxy) is 2. The summed E-state index contributed by atoms with van der Waals surface area (Å²) in [7, 11) is -9.00. The fraction of sp³-hybridized carbons (Fsp3) is 1.00. The molecule has 5 atom stereocenters. The minimum absolute atomic E-state index is 0.0987. The first kappa shape index (κ1) is 38.6. The zero-order valence-corrected chi connectivity index (χ0v) is 31.5. The second-order valence-corrected chi connectivity index (χ2v) is 19.4. The Bertz CT molecular complexity index is 772. The summed E-state index contributed by atoms with van der Waals surface area (Å²) in [6.07, 6.45) is 2.30. The Morgan fingerprint density at radius 2 is 1.48 bits per heavy atom. The highest BCUT2D eigenvalue weighted by atomic mass is 28.4. The van der Waals surface area contributed by atoms with Gasteiger partial charge in [0.1, 0.15) is 5.60 Å². The van der Waals surface area contributed by atoms with Crippen LogP contribution in [0.25, 0.3) is 0 Å². The van der Waals surface area contributed by atoms with Crippen molar-refractivity contribution in [3.8, 4) is 0 Å². The van der Waals surface area contributed by atoms with Crippen LogP contribution >= 0.6 is 0 Å². The molecule has 4 saturated heterocycles. The van der Waals surface area contributed by atoms with E-state index in [1.165, 1.54) is 0 Å². The highest BCUT2D eigenvalue weighted by Crippen LogP contribution is 2.48. The molecule has 0 aromatic rings. The molecule has 44 heavy (non-hydrogen) atoms. The lowest BCUT2D eigenvalue weighted by Gasteiger charge is -2.55. The lowest BCUT2D eigenvalue weighted by Crippen LogP contribution is -2.71. The minimum atomic E-state index is -3.15. The lowest BCUT2D eigenvalue weighted by atomic mass is 9.94. The van der Waals surface area contributed by atoms with E-state index < -0.39 is 32.0 Å². The van der Waals surface area contributed by atoms with Crippen molar-refractivity contribution in [1.29, 1.82) is 0 Å². The Morgan fingerprint density at radius 1 is 0.841 bits per heavy atom. The van der Waals surface area contributed by atoms with Crippen molar-refractivity contribution in [3.63, 3.8) is 0 Å². The average Bonchev–Trinajstić information content (AvgIpc) is 2.96. The van der Waals surface area contributed by atoms with E-state index in [-0.39, 0.29) is 11.6 Å². The van der Waals surface area contributed by atoms with Gasteiger partial charge in [-0.1, -0.05) is 0 Å². The summed E-state index contributed by atoms with van der Waals surface area (Å²) in [6.45, 7) is 22.1. The fourth-order valence-electron chi connectivity index (χ4n) is 6.83. The average molecular weight is 684 g/mol. The quantitative estimate of drug-likeness (QED) is 0.128. The van der Waals surface area contributed by atoms with Gasteiger partial charge in [0.15, 0.2) is 0 Å². The van der Waals surface area contributed by atoms with Crippen molar-refractivity contribution < 1.29 is 49.3 Å². The zero-order chi connectivity index (χ0) is 31.9. The largest absolute Gasteiger partial charge is 0.507 e. The molecule has 260 valence electrons. The fourth-order valence-corrected chi connectivity index (χ4v) is 16.0. The summed E-state index contributed by atoms with van der Waals surface area (Å²) in [5, 5.41) is 0. The van der Waals surface area contributed by atoms with E-state index in [4.69, 9.17) is 49.3 Å². The van der Waals surface area contributed by atoms with Crippen LogP contribution in [0.5, 0.6) is 0 Å². The summed E-state index contributed by atoms with van der Waals surface area (Å²) < 4.78 is 70.5. The number of nitrogens with zero attached hydrogens (tertiary/aromatic N) is 1. The van der Waals surface area contributed by atoms with Gasteiger partial charge in [-0.2, -0.15) is 0 Å². The van der Waals surface area contributed by atoms with Gasteiger partial charge in [-0.15, -0.1) is 0 Å². The van der Waals surface area contributed by atoms with Gasteiger partial charge in [0.2, 0.25) is 0 Å². The molecule has 5 unspecified atom stereocenters. The molecule has 0 aromatic heterocycles. The molecule has 4 rings (SSSR count). The molecular weight excluding hydrogens is 623 g/mol. The maximum atomic E-state index is 7.28. The SMILES string of the molecule is CCO[Si](CCCOCC1CN2CCC[Si](OCC)(O1)OC1(COCCC1[Si](OCC)(OCC)OCC)C2)(OCC)OCC. The van der Waals surface area contributed by atoms with Crippen LogP contribution in [0.15, 0.2) is 0 Å². The Labute approximate surface area is 269 Å². The Hall–Kier alpha value is 0.171. The van der Waals surface area contributed by atoms with Gasteiger partial charge >= 0.3 is 26.4 Å². The van der Waals surface area contributed by atoms with Crippen molar-refractivity contribution >= 4 is 26.4 Å². The second-order valence-electron chi connectivity index (χ2n) is 11.3. The highest BCUT2D eigenvalue weighted by Gasteiger charge is 2.65. The molecular formula is C29H61NO11Si3. The van der Waals surface area contributed by atoms with Gasteiger partial charge in [0, 0.05) is 84.6 Å². The predicted molar refractivity (Wildman–Crippen MR) is 173 cm³/mol. The molecule has 0 aromatic carbocycles. The molecule has 0 N–H and O–H groups in total. The summed E-state index contributed by atoms with van der Waals surface area (Å²) >= 11 is 0. The van der Waals surface area contributed by atoms with Crippen LogP contribution < -0.4 is 0 Å². The van der Waals surface area contributed by atoms with Crippen molar-refractivity contribution in [3.05, 3.63) is 0 Å². The van der Waals surface area contributed by atoms with E-state index >= 15 is 0 Å². The molecule has 4 aliphatic rings. The first-order valence-corrected chi connectivity index (χ1v) is 22.7. The highest BCUT2D eigenvalue weighted by molar-refractivity contribution is 6.64.